The second kappa shape index (κ2) is 10.6. The summed E-state index contributed by atoms with van der Waals surface area (Å²) in [7, 11) is -3.80. The van der Waals surface area contributed by atoms with Gasteiger partial charge in [0.2, 0.25) is 0 Å². The molecule has 0 amide bonds. The fraction of sp³-hybridized carbons (Fsp3) is 0.241. The summed E-state index contributed by atoms with van der Waals surface area (Å²) in [5, 5.41) is 0. The van der Waals surface area contributed by atoms with Crippen molar-refractivity contribution in [2.45, 2.75) is 44.0 Å². The van der Waals surface area contributed by atoms with Gasteiger partial charge in [0, 0.05) is 5.56 Å². The summed E-state index contributed by atoms with van der Waals surface area (Å²) in [6.07, 6.45) is 6.56. The van der Waals surface area contributed by atoms with Gasteiger partial charge in [-0.25, -0.2) is 8.42 Å². The standard InChI is InChI=1S/C29H29NO2S/c1-24-16-20-29(21-17-24)33(31,32)30(23-27-14-6-3-7-15-27)28(22-26-12-8-9-13-26)19-18-25-10-4-2-5-11-25/h2-7,10-11,14-17,20-22,26H,8-9,12-13,23H2,1H3/b28-22-. The first kappa shape index (κ1) is 22.9. The smallest absolute Gasteiger partial charge is 0.254 e. The maximum atomic E-state index is 13.9. The van der Waals surface area contributed by atoms with Crippen LogP contribution in [-0.4, -0.2) is 12.7 Å². The van der Waals surface area contributed by atoms with E-state index in [4.69, 9.17) is 0 Å². The van der Waals surface area contributed by atoms with Crippen molar-refractivity contribution < 1.29 is 8.42 Å². The molecule has 0 aromatic heterocycles. The lowest BCUT2D eigenvalue weighted by Gasteiger charge is -2.25. The second-order valence-corrected chi connectivity index (χ2v) is 10.4. The Morgan fingerprint density at radius 3 is 2.15 bits per heavy atom. The summed E-state index contributed by atoms with van der Waals surface area (Å²) >= 11 is 0. The van der Waals surface area contributed by atoms with Gasteiger partial charge in [0.05, 0.1) is 17.1 Å². The number of hydrogen-bond donors (Lipinski definition) is 0. The third-order valence-corrected chi connectivity index (χ3v) is 7.72. The predicted molar refractivity (Wildman–Crippen MR) is 134 cm³/mol. The van der Waals surface area contributed by atoms with Crippen LogP contribution in [0.5, 0.6) is 0 Å². The van der Waals surface area contributed by atoms with E-state index < -0.39 is 10.0 Å². The summed E-state index contributed by atoms with van der Waals surface area (Å²) in [6, 6.07) is 26.5. The molecule has 4 heteroatoms. The molecule has 1 saturated carbocycles. The fourth-order valence-corrected chi connectivity index (χ4v) is 5.50. The van der Waals surface area contributed by atoms with Crippen LogP contribution in [0.4, 0.5) is 0 Å². The third kappa shape index (κ3) is 5.94. The van der Waals surface area contributed by atoms with Gasteiger partial charge in [-0.3, -0.25) is 4.31 Å². The lowest BCUT2D eigenvalue weighted by Crippen LogP contribution is -2.30. The Morgan fingerprint density at radius 2 is 1.52 bits per heavy atom. The summed E-state index contributed by atoms with van der Waals surface area (Å²) in [4.78, 5) is 0.280. The highest BCUT2D eigenvalue weighted by Crippen LogP contribution is 2.30. The Hall–Kier alpha value is -3.29. The first-order chi connectivity index (χ1) is 16.0. The van der Waals surface area contributed by atoms with Crippen molar-refractivity contribution in [2.75, 3.05) is 0 Å². The Bertz CT molecular complexity index is 1250. The quantitative estimate of drug-likeness (QED) is 0.408. The molecule has 3 aromatic rings. The van der Waals surface area contributed by atoms with Crippen molar-refractivity contribution >= 4 is 10.0 Å². The van der Waals surface area contributed by atoms with Gasteiger partial charge in [-0.1, -0.05) is 85.0 Å². The van der Waals surface area contributed by atoms with Crippen molar-refractivity contribution in [3.8, 4) is 11.8 Å². The zero-order valence-electron chi connectivity index (χ0n) is 18.9. The van der Waals surface area contributed by atoms with E-state index in [0.29, 0.717) is 11.6 Å². The summed E-state index contributed by atoms with van der Waals surface area (Å²) < 4.78 is 29.3. The fourth-order valence-electron chi connectivity index (χ4n) is 4.08. The molecule has 168 valence electrons. The Balaban J connectivity index is 1.81. The number of nitrogens with zero attached hydrogens (tertiary/aromatic N) is 1. The molecule has 1 aliphatic carbocycles. The maximum absolute atomic E-state index is 13.9. The van der Waals surface area contributed by atoms with Crippen LogP contribution in [0.15, 0.2) is 102 Å². The summed E-state index contributed by atoms with van der Waals surface area (Å²) in [6.45, 7) is 2.19. The lowest BCUT2D eigenvalue weighted by molar-refractivity contribution is 0.477. The molecule has 0 heterocycles. The number of hydrogen-bond acceptors (Lipinski definition) is 2. The second-order valence-electron chi connectivity index (χ2n) is 8.52. The van der Waals surface area contributed by atoms with Gasteiger partial charge in [-0.2, -0.15) is 0 Å². The highest BCUT2D eigenvalue weighted by atomic mass is 32.2. The molecule has 4 rings (SSSR count). The van der Waals surface area contributed by atoms with E-state index in [0.717, 1.165) is 29.5 Å². The zero-order chi connectivity index (χ0) is 23.1. The number of benzene rings is 3. The van der Waals surface area contributed by atoms with E-state index in [2.05, 4.69) is 17.9 Å². The van der Waals surface area contributed by atoms with Gasteiger partial charge in [0.15, 0.2) is 0 Å². The maximum Gasteiger partial charge on any atom is 0.265 e. The summed E-state index contributed by atoms with van der Waals surface area (Å²) in [5.41, 5.74) is 3.36. The van der Waals surface area contributed by atoms with Crippen LogP contribution in [0, 0.1) is 24.7 Å². The van der Waals surface area contributed by atoms with Gasteiger partial charge in [0.1, 0.15) is 0 Å². The summed E-state index contributed by atoms with van der Waals surface area (Å²) in [5.74, 6) is 6.77. The monoisotopic (exact) mass is 455 g/mol. The first-order valence-corrected chi connectivity index (χ1v) is 12.9. The molecule has 0 atom stereocenters. The first-order valence-electron chi connectivity index (χ1n) is 11.4. The zero-order valence-corrected chi connectivity index (χ0v) is 19.8. The highest BCUT2D eigenvalue weighted by molar-refractivity contribution is 7.89. The molecular formula is C29H29NO2S. The van der Waals surface area contributed by atoms with Gasteiger partial charge in [-0.15, -0.1) is 0 Å². The Labute approximate surface area is 197 Å². The van der Waals surface area contributed by atoms with Crippen LogP contribution in [0.1, 0.15) is 42.4 Å². The van der Waals surface area contributed by atoms with Crippen LogP contribution in [-0.2, 0) is 16.6 Å². The van der Waals surface area contributed by atoms with E-state index in [1.165, 1.54) is 17.1 Å². The minimum Gasteiger partial charge on any atom is -0.254 e. The molecule has 1 aliphatic rings. The number of sulfonamides is 1. The largest absolute Gasteiger partial charge is 0.265 e. The molecule has 1 fully saturated rings. The van der Waals surface area contributed by atoms with Crippen molar-refractivity contribution in [2.24, 2.45) is 5.92 Å². The Kier molecular flexibility index (Phi) is 7.32. The van der Waals surface area contributed by atoms with E-state index >= 15 is 0 Å². The van der Waals surface area contributed by atoms with E-state index in [9.17, 15) is 8.42 Å². The molecule has 0 bridgehead atoms. The predicted octanol–water partition coefficient (Wildman–Crippen LogP) is 6.31. The number of aryl methyl sites for hydroxylation is 1. The Morgan fingerprint density at radius 1 is 0.909 bits per heavy atom. The van der Waals surface area contributed by atoms with Gasteiger partial charge < -0.3 is 0 Å². The van der Waals surface area contributed by atoms with Crippen LogP contribution in [0.25, 0.3) is 0 Å². The lowest BCUT2D eigenvalue weighted by atomic mass is 10.1. The van der Waals surface area contributed by atoms with Gasteiger partial charge in [-0.05, 0) is 67.5 Å². The van der Waals surface area contributed by atoms with Crippen LogP contribution < -0.4 is 0 Å². The van der Waals surface area contributed by atoms with E-state index in [1.54, 1.807) is 12.1 Å². The SMILES string of the molecule is Cc1ccc(S(=O)(=O)N(Cc2ccccc2)/C(C#Cc2ccccc2)=C\C2CCCC2)cc1. The van der Waals surface area contributed by atoms with Crippen molar-refractivity contribution in [1.82, 2.24) is 4.31 Å². The van der Waals surface area contributed by atoms with Gasteiger partial charge >= 0.3 is 0 Å². The van der Waals surface area contributed by atoms with Crippen LogP contribution in [0.2, 0.25) is 0 Å². The van der Waals surface area contributed by atoms with Crippen molar-refractivity contribution in [3.05, 3.63) is 113 Å². The molecule has 33 heavy (non-hydrogen) atoms. The molecule has 0 unspecified atom stereocenters. The van der Waals surface area contributed by atoms with E-state index in [1.807, 2.05) is 79.7 Å². The third-order valence-electron chi connectivity index (χ3n) is 5.95. The molecule has 3 aromatic carbocycles. The average molecular weight is 456 g/mol. The normalized spacial score (nSPS) is 14.5. The molecule has 0 N–H and O–H groups in total. The van der Waals surface area contributed by atoms with Crippen LogP contribution in [0.3, 0.4) is 0 Å². The minimum atomic E-state index is -3.80. The molecule has 0 aliphatic heterocycles. The highest BCUT2D eigenvalue weighted by Gasteiger charge is 2.27. The minimum absolute atomic E-state index is 0.235. The van der Waals surface area contributed by atoms with E-state index in [-0.39, 0.29) is 11.4 Å². The van der Waals surface area contributed by atoms with Crippen molar-refractivity contribution in [1.29, 1.82) is 0 Å². The number of rotatable bonds is 6. The number of allylic oxidation sites excluding steroid dienone is 2. The molecule has 0 saturated heterocycles. The topological polar surface area (TPSA) is 37.4 Å². The molecular weight excluding hydrogens is 426 g/mol. The average Bonchev–Trinajstić information content (AvgIpc) is 3.35. The van der Waals surface area contributed by atoms with Crippen LogP contribution >= 0.6 is 0 Å². The molecule has 0 radical (unpaired) electrons. The van der Waals surface area contributed by atoms with Gasteiger partial charge in [0.25, 0.3) is 10.0 Å². The van der Waals surface area contributed by atoms with Crippen molar-refractivity contribution in [3.63, 3.8) is 0 Å². The molecule has 0 spiro atoms. The molecule has 3 nitrogen and oxygen atoms in total.